The molecule has 0 aliphatic carbocycles. The molecule has 0 aliphatic rings. The monoisotopic (exact) mass is 1600 g/mol. The number of rotatable bonds is 33. The summed E-state index contributed by atoms with van der Waals surface area (Å²) in [5.41, 5.74) is -0.0520. The van der Waals surface area contributed by atoms with Crippen LogP contribution in [0.15, 0.2) is 109 Å². The number of ether oxygens (including phenoxy) is 8. The number of carbonyl (C=O) groups excluding carboxylic acids is 9. The number of amides is 3. The normalized spacial score (nSPS) is 13.9. The Hall–Kier alpha value is -8.84. The van der Waals surface area contributed by atoms with Crippen LogP contribution in [0.1, 0.15) is 211 Å². The van der Waals surface area contributed by atoms with Gasteiger partial charge in [-0.05, 0) is 159 Å². The predicted molar refractivity (Wildman–Crippen MR) is 431 cm³/mol. The summed E-state index contributed by atoms with van der Waals surface area (Å²) in [5.74, 6) is -6.82. The van der Waals surface area contributed by atoms with Gasteiger partial charge in [0.1, 0.15) is 59.9 Å². The summed E-state index contributed by atoms with van der Waals surface area (Å²) >= 11 is 0. The minimum absolute atomic E-state index is 0.0203. The summed E-state index contributed by atoms with van der Waals surface area (Å²) in [6.07, 6.45) is -6.74. The number of likely N-dealkylation sites (N-methyl/N-ethyl adjacent to an activating group) is 4. The molecule has 4 aromatic rings. The van der Waals surface area contributed by atoms with Crippen LogP contribution in [0.3, 0.4) is 0 Å². The Kier molecular flexibility index (Phi) is 42.6. The van der Waals surface area contributed by atoms with E-state index < -0.39 is 137 Å². The minimum Gasteiger partial charge on any atom is -0.478 e. The molecule has 1 radical (unpaired) electrons. The van der Waals surface area contributed by atoms with Gasteiger partial charge in [-0.2, -0.15) is 0 Å². The Bertz CT molecular complexity index is 3640. The number of aliphatic carboxylic acids is 1. The maximum Gasteiger partial charge on any atom is 0.410 e. The lowest BCUT2D eigenvalue weighted by Gasteiger charge is -2.34. The molecule has 0 spiro atoms. The molecule has 4 rings (SSSR count). The van der Waals surface area contributed by atoms with E-state index in [1.807, 2.05) is 113 Å². The highest BCUT2D eigenvalue weighted by atomic mass is 31.1. The van der Waals surface area contributed by atoms with E-state index in [0.29, 0.717) is 12.0 Å². The first-order valence-corrected chi connectivity index (χ1v) is 38.8. The Morgan fingerprint density at radius 2 is 0.779 bits per heavy atom. The quantitative estimate of drug-likeness (QED) is 0.0194. The molecular weight excluding hydrogens is 1480 g/mol. The fourth-order valence-corrected chi connectivity index (χ4v) is 10.5. The van der Waals surface area contributed by atoms with Gasteiger partial charge in [0.2, 0.25) is 13.1 Å². The van der Waals surface area contributed by atoms with Crippen molar-refractivity contribution >= 4 is 75.2 Å². The van der Waals surface area contributed by atoms with Crippen LogP contribution >= 0.6 is 8.34 Å². The van der Waals surface area contributed by atoms with Gasteiger partial charge < -0.3 is 53.2 Å². The minimum atomic E-state index is -1.96. The Morgan fingerprint density at radius 3 is 1.08 bits per heavy atom. The molecule has 0 saturated heterocycles. The maximum absolute atomic E-state index is 15.3. The van der Waals surface area contributed by atoms with Crippen molar-refractivity contribution in [3.8, 4) is 0 Å². The van der Waals surface area contributed by atoms with E-state index in [4.69, 9.17) is 37.9 Å². The third kappa shape index (κ3) is 41.2. The van der Waals surface area contributed by atoms with Gasteiger partial charge >= 0.3 is 54.0 Å². The van der Waals surface area contributed by atoms with E-state index in [1.165, 1.54) is 74.6 Å². The maximum atomic E-state index is 15.3. The standard InChI is InChI=1S/C42H61FN2O9.C25H39NO6.C17H24FNO4.CH3BOP/c1-27(2)23-32(45(13)39(50)54-41(7,8)9)37(48)53-34(24-29-19-21-31(22-20-29)40(4,5)6)35(46)44(12)33(25-42(10,11)43)38(49)52-28(3)36(47)51-26-30-17-15-14-16-18-30;1-16(2)14-19(26(9)23(30)32-25(6,7)8)22(29)31-20(21(27)28)15-17-10-12-18(13-11-17)24(3,4)5;1-12(15(20)22-11-13-8-6-5-7-9-13)23-16(21)14(19-4)10-17(2,3)18;1-2-4-3/h14-22,27-28,32-34H,23-26H2,1-13H3;10-13,16,19-20H,14-15H2,1-9H3,(H,27,28);5-9,12,14,19H,10-11H2,1-4H3;1H3/t28-,32+,33+,34-;19-,20+;12-,14+;/m101./s1. The van der Waals surface area contributed by atoms with E-state index in [0.717, 1.165) is 37.6 Å². The first-order valence-electron chi connectivity index (χ1n) is 37.9. The van der Waals surface area contributed by atoms with Gasteiger partial charge in [-0.15, -0.1) is 0 Å². The molecule has 4 aromatic carbocycles. The third-order valence-corrected chi connectivity index (χ3v) is 16.9. The number of carboxylic acids is 1. The Morgan fingerprint density at radius 1 is 0.451 bits per heavy atom. The van der Waals surface area contributed by atoms with Gasteiger partial charge in [-0.25, -0.2) is 47.1 Å². The van der Waals surface area contributed by atoms with Crippen molar-refractivity contribution in [3.05, 3.63) is 143 Å². The van der Waals surface area contributed by atoms with E-state index in [-0.39, 0.29) is 69.9 Å². The first-order chi connectivity index (χ1) is 51.9. The van der Waals surface area contributed by atoms with Crippen molar-refractivity contribution in [2.24, 2.45) is 11.8 Å². The van der Waals surface area contributed by atoms with Crippen LogP contribution in [0.5, 0.6) is 0 Å². The summed E-state index contributed by atoms with van der Waals surface area (Å²) in [6.45, 7) is 41.7. The fraction of sp³-hybridized carbons (Fsp3) is 0.600. The average molecular weight is 1600 g/mol. The fourth-order valence-electron chi connectivity index (χ4n) is 10.5. The summed E-state index contributed by atoms with van der Waals surface area (Å²) < 4.78 is 81.2. The number of hydrogen-bond donors (Lipinski definition) is 2. The van der Waals surface area contributed by atoms with Crippen LogP contribution in [0, 0.1) is 11.8 Å². The number of hydrogen-bond acceptors (Lipinski definition) is 20. The molecule has 0 heterocycles. The van der Waals surface area contributed by atoms with Crippen LogP contribution < -0.4 is 5.32 Å². The summed E-state index contributed by atoms with van der Waals surface area (Å²) in [7, 11) is 5.84. The number of carbonyl (C=O) groups is 10. The highest BCUT2D eigenvalue weighted by Crippen LogP contribution is 2.29. The molecule has 113 heavy (non-hydrogen) atoms. The zero-order valence-corrected chi connectivity index (χ0v) is 72.5. The topological polar surface area (TPSA) is 304 Å². The molecule has 8 atom stereocenters. The van der Waals surface area contributed by atoms with Crippen molar-refractivity contribution in [3.63, 3.8) is 0 Å². The van der Waals surface area contributed by atoms with E-state index >= 15 is 4.39 Å². The van der Waals surface area contributed by atoms with Crippen LogP contribution in [0.25, 0.3) is 0 Å². The molecule has 2 N–H and O–H groups in total. The van der Waals surface area contributed by atoms with Crippen LogP contribution in [-0.4, -0.2) is 186 Å². The SMILES string of the molecule is CC(C)C[C@@H](C(=O)O[C@H](Cc1ccc(C(C)(C)C)cc1)C(=O)N(C)[C@@H](CC(C)(C)F)C(=O)O[C@H](C)C(=O)OCc1ccccc1)N(C)C(=O)OC(C)(C)C.CC(C)C[C@@H](C(=O)O[C@H](Cc1ccc(C(C)(C)C)cc1)C(=O)O)N(C)C(=O)OC(C)(C)C.CN[C@@H](CC(C)(C)F)C(=O)O[C@H](C)C(=O)OCc1ccccc1.C[B]P=O. The van der Waals surface area contributed by atoms with E-state index in [9.17, 15) is 62.0 Å². The molecule has 28 heteroatoms. The molecule has 0 aromatic heterocycles. The highest BCUT2D eigenvalue weighted by molar-refractivity contribution is 7.60. The zero-order valence-electron chi connectivity index (χ0n) is 71.6. The van der Waals surface area contributed by atoms with Crippen molar-refractivity contribution in [1.29, 1.82) is 0 Å². The third-order valence-electron chi connectivity index (χ3n) is 16.7. The van der Waals surface area contributed by atoms with E-state index in [2.05, 4.69) is 46.9 Å². The number of nitrogens with zero attached hydrogens (tertiary/aromatic N) is 3. The zero-order chi connectivity index (χ0) is 86.9. The van der Waals surface area contributed by atoms with Crippen molar-refractivity contribution in [2.45, 2.75) is 293 Å². The molecule has 0 bridgehead atoms. The van der Waals surface area contributed by atoms with Gasteiger partial charge in [0, 0.05) is 46.8 Å². The molecule has 0 aliphatic heterocycles. The molecule has 629 valence electrons. The lowest BCUT2D eigenvalue weighted by atomic mass is 9.86. The second-order valence-electron chi connectivity index (χ2n) is 33.8. The number of esters is 6. The van der Waals surface area contributed by atoms with Crippen molar-refractivity contribution in [2.75, 3.05) is 28.2 Å². The second kappa shape index (κ2) is 47.1. The Labute approximate surface area is 671 Å². The number of nitrogens with one attached hydrogen (secondary N) is 1. The molecule has 0 saturated carbocycles. The number of halogens is 2. The Balaban J connectivity index is 0.000000910. The largest absolute Gasteiger partial charge is 0.478 e. The van der Waals surface area contributed by atoms with Gasteiger partial charge in [-0.1, -0.05) is 185 Å². The van der Waals surface area contributed by atoms with Crippen molar-refractivity contribution < 1.29 is 104 Å². The smallest absolute Gasteiger partial charge is 0.410 e. The molecule has 24 nitrogen and oxygen atoms in total. The van der Waals surface area contributed by atoms with Gasteiger partial charge in [0.25, 0.3) is 5.91 Å². The lowest BCUT2D eigenvalue weighted by Crippen LogP contribution is -2.53. The van der Waals surface area contributed by atoms with Crippen LogP contribution in [-0.2, 0) is 118 Å². The second-order valence-corrected chi connectivity index (χ2v) is 34.6. The summed E-state index contributed by atoms with van der Waals surface area (Å²) in [5, 5.41) is 12.3. The summed E-state index contributed by atoms with van der Waals surface area (Å²) in [6, 6.07) is 28.8. The van der Waals surface area contributed by atoms with E-state index in [1.54, 1.807) is 79.6 Å². The van der Waals surface area contributed by atoms with Gasteiger partial charge in [0.05, 0.1) is 8.34 Å². The lowest BCUT2D eigenvalue weighted by molar-refractivity contribution is -0.175. The summed E-state index contributed by atoms with van der Waals surface area (Å²) in [4.78, 5) is 132. The molecule has 0 unspecified atom stereocenters. The highest BCUT2D eigenvalue weighted by Gasteiger charge is 2.42. The molecule has 3 amide bonds. The van der Waals surface area contributed by atoms with Crippen LogP contribution in [0.2, 0.25) is 6.82 Å². The number of carboxylic acid groups (broad SMARTS) is 1. The first kappa shape index (κ1) is 102. The number of benzene rings is 4. The predicted octanol–water partition coefficient (Wildman–Crippen LogP) is 15.5. The van der Waals surface area contributed by atoms with Crippen molar-refractivity contribution in [1.82, 2.24) is 20.0 Å². The molecule has 0 fully saturated rings. The van der Waals surface area contributed by atoms with Gasteiger partial charge in [0.15, 0.2) is 18.3 Å². The molecular formula is C85H127BF2N4O20P. The van der Waals surface area contributed by atoms with Crippen LogP contribution in [0.4, 0.5) is 18.4 Å². The number of alkyl halides is 2. The average Bonchev–Trinajstić information content (AvgIpc) is 0.819. The van der Waals surface area contributed by atoms with Gasteiger partial charge in [-0.3, -0.25) is 24.0 Å².